The molecule has 1 saturated heterocycles. The molecule has 6 rings (SSSR count). The van der Waals surface area contributed by atoms with Crippen LogP contribution in [-0.4, -0.2) is 60.5 Å². The highest BCUT2D eigenvalue weighted by Gasteiger charge is 2.32. The van der Waals surface area contributed by atoms with Crippen LogP contribution in [0.25, 0.3) is 16.6 Å². The standard InChI is InChI=1S/C26H22ClF2N9O3/c27-19-6-9-22(36-14-30-33-34-36)23(12-19)37-15-41-38(16-40-37)24(10-17-4-2-1-3-5-17)25(39)31-20-7-8-21-18(11-20)13-35(32-21)26(28)29/h1-9,11-14,24,26H,10,15-16H2,(H,31,39). The van der Waals surface area contributed by atoms with Gasteiger partial charge in [-0.05, 0) is 58.8 Å². The van der Waals surface area contributed by atoms with Crippen LogP contribution in [0.3, 0.4) is 0 Å². The Bertz CT molecular complexity index is 1650. The molecule has 1 atom stereocenters. The molecule has 2 aromatic heterocycles. The van der Waals surface area contributed by atoms with Crippen LogP contribution in [0.5, 0.6) is 0 Å². The highest BCUT2D eigenvalue weighted by atomic mass is 35.5. The number of hydrogen-bond donors (Lipinski definition) is 1. The average molecular weight is 582 g/mol. The lowest BCUT2D eigenvalue weighted by atomic mass is 10.0. The van der Waals surface area contributed by atoms with Crippen molar-refractivity contribution < 1.29 is 23.3 Å². The molecule has 0 spiro atoms. The van der Waals surface area contributed by atoms with Gasteiger partial charge in [0, 0.05) is 22.3 Å². The van der Waals surface area contributed by atoms with Gasteiger partial charge in [-0.3, -0.25) is 14.5 Å². The molecule has 1 unspecified atom stereocenters. The summed E-state index contributed by atoms with van der Waals surface area (Å²) < 4.78 is 28.2. The van der Waals surface area contributed by atoms with Crippen LogP contribution in [0.1, 0.15) is 12.1 Å². The maximum absolute atomic E-state index is 13.6. The third kappa shape index (κ3) is 5.85. The second-order valence-corrected chi connectivity index (χ2v) is 9.49. The zero-order valence-corrected chi connectivity index (χ0v) is 22.0. The van der Waals surface area contributed by atoms with E-state index in [9.17, 15) is 13.6 Å². The number of fused-ring (bicyclic) bond motifs is 1. The monoisotopic (exact) mass is 581 g/mol. The molecule has 41 heavy (non-hydrogen) atoms. The molecule has 1 fully saturated rings. The van der Waals surface area contributed by atoms with E-state index in [0.717, 1.165) is 5.56 Å². The summed E-state index contributed by atoms with van der Waals surface area (Å²) in [6.45, 7) is -2.91. The maximum atomic E-state index is 13.6. The molecule has 12 nitrogen and oxygen atoms in total. The molecule has 0 bridgehead atoms. The van der Waals surface area contributed by atoms with Crippen molar-refractivity contribution in [1.82, 2.24) is 35.1 Å². The van der Waals surface area contributed by atoms with Gasteiger partial charge in [0.25, 0.3) is 0 Å². The Morgan fingerprint density at radius 2 is 1.88 bits per heavy atom. The van der Waals surface area contributed by atoms with Crippen molar-refractivity contribution in [2.24, 2.45) is 0 Å². The Balaban J connectivity index is 1.21. The minimum Gasteiger partial charge on any atom is -0.325 e. The number of tetrazole rings is 1. The fraction of sp³-hybridized carbons (Fsp3) is 0.192. The van der Waals surface area contributed by atoms with E-state index in [-0.39, 0.29) is 19.4 Å². The Labute approximate surface area is 236 Å². The molecule has 0 aliphatic carbocycles. The van der Waals surface area contributed by atoms with Crippen molar-refractivity contribution in [2.75, 3.05) is 23.8 Å². The molecule has 210 valence electrons. The van der Waals surface area contributed by atoms with Gasteiger partial charge in [0.05, 0.1) is 16.9 Å². The highest BCUT2D eigenvalue weighted by molar-refractivity contribution is 6.31. The first-order valence-corrected chi connectivity index (χ1v) is 12.8. The summed E-state index contributed by atoms with van der Waals surface area (Å²) in [5, 5.41) is 21.9. The number of amides is 1. The number of nitrogens with one attached hydrogen (secondary N) is 1. The molecule has 1 aliphatic heterocycles. The molecule has 15 heteroatoms. The summed E-state index contributed by atoms with van der Waals surface area (Å²) in [6.07, 6.45) is 2.99. The summed E-state index contributed by atoms with van der Waals surface area (Å²) in [7, 11) is 0. The Morgan fingerprint density at radius 1 is 1.02 bits per heavy atom. The Kier molecular flexibility index (Phi) is 7.52. The van der Waals surface area contributed by atoms with Gasteiger partial charge in [0.2, 0.25) is 5.91 Å². The zero-order chi connectivity index (χ0) is 28.3. The molecule has 1 amide bonds. The number of hydroxylamine groups is 3. The fourth-order valence-corrected chi connectivity index (χ4v) is 4.59. The third-order valence-electron chi connectivity index (χ3n) is 6.40. The van der Waals surface area contributed by atoms with E-state index in [1.54, 1.807) is 36.4 Å². The molecule has 3 heterocycles. The number of alkyl halides is 2. The number of aromatic nitrogens is 6. The van der Waals surface area contributed by atoms with Crippen molar-refractivity contribution in [3.05, 3.63) is 89.8 Å². The molecule has 0 radical (unpaired) electrons. The topological polar surface area (TPSA) is 115 Å². The number of hydrogen-bond acceptors (Lipinski definition) is 9. The van der Waals surface area contributed by atoms with Gasteiger partial charge < -0.3 is 5.32 Å². The van der Waals surface area contributed by atoms with E-state index in [2.05, 4.69) is 25.9 Å². The van der Waals surface area contributed by atoms with Crippen LogP contribution in [0, 0.1) is 0 Å². The molecular formula is C26H22ClF2N9O3. The Hall–Kier alpha value is -4.50. The molecule has 1 N–H and O–H groups in total. The highest BCUT2D eigenvalue weighted by Crippen LogP contribution is 2.30. The number of rotatable bonds is 8. The average Bonchev–Trinajstić information content (AvgIpc) is 3.67. The van der Waals surface area contributed by atoms with E-state index in [4.69, 9.17) is 21.3 Å². The molecule has 3 aromatic carbocycles. The summed E-state index contributed by atoms with van der Waals surface area (Å²) in [5.41, 5.74) is 2.90. The third-order valence-corrected chi connectivity index (χ3v) is 6.63. The number of benzene rings is 3. The minimum absolute atomic E-state index is 0.0627. The fourth-order valence-electron chi connectivity index (χ4n) is 4.42. The van der Waals surface area contributed by atoms with Gasteiger partial charge in [-0.1, -0.05) is 41.9 Å². The molecule has 0 saturated carbocycles. The summed E-state index contributed by atoms with van der Waals surface area (Å²) >= 11 is 6.25. The number of nitrogens with zero attached hydrogens (tertiary/aromatic N) is 8. The van der Waals surface area contributed by atoms with E-state index >= 15 is 0 Å². The second-order valence-electron chi connectivity index (χ2n) is 9.05. The molecule has 1 aliphatic rings. The largest absolute Gasteiger partial charge is 0.333 e. The summed E-state index contributed by atoms with van der Waals surface area (Å²) in [4.78, 5) is 25.6. The van der Waals surface area contributed by atoms with Crippen LogP contribution < -0.4 is 10.4 Å². The van der Waals surface area contributed by atoms with Gasteiger partial charge in [0.15, 0.2) is 13.5 Å². The number of halogens is 3. The predicted octanol–water partition coefficient (Wildman–Crippen LogP) is 4.21. The summed E-state index contributed by atoms with van der Waals surface area (Å²) in [5.74, 6) is -0.372. The van der Waals surface area contributed by atoms with Gasteiger partial charge in [-0.25, -0.2) is 9.75 Å². The second kappa shape index (κ2) is 11.5. The molecular weight excluding hydrogens is 560 g/mol. The number of carbonyl (C=O) groups excluding carboxylic acids is 1. The van der Waals surface area contributed by atoms with Crippen molar-refractivity contribution in [3.63, 3.8) is 0 Å². The first-order valence-electron chi connectivity index (χ1n) is 12.4. The van der Waals surface area contributed by atoms with Crippen LogP contribution >= 0.6 is 11.6 Å². The minimum atomic E-state index is -2.76. The lowest BCUT2D eigenvalue weighted by Crippen LogP contribution is -2.52. The van der Waals surface area contributed by atoms with Crippen molar-refractivity contribution in [3.8, 4) is 5.69 Å². The number of anilines is 2. The van der Waals surface area contributed by atoms with Crippen LogP contribution in [0.4, 0.5) is 20.2 Å². The van der Waals surface area contributed by atoms with E-state index < -0.39 is 12.6 Å². The van der Waals surface area contributed by atoms with Crippen LogP contribution in [-0.2, 0) is 20.9 Å². The maximum Gasteiger partial charge on any atom is 0.333 e. The van der Waals surface area contributed by atoms with E-state index in [0.29, 0.717) is 44.1 Å². The van der Waals surface area contributed by atoms with Crippen LogP contribution in [0.15, 0.2) is 79.3 Å². The first kappa shape index (κ1) is 26.7. The first-order chi connectivity index (χ1) is 19.9. The van der Waals surface area contributed by atoms with Crippen LogP contribution in [0.2, 0.25) is 5.02 Å². The van der Waals surface area contributed by atoms with Gasteiger partial charge in [-0.2, -0.15) is 18.6 Å². The van der Waals surface area contributed by atoms with Gasteiger partial charge in [-0.15, -0.1) is 10.2 Å². The molecule has 5 aromatic rings. The predicted molar refractivity (Wildman–Crippen MR) is 144 cm³/mol. The SMILES string of the molecule is O=C(Nc1ccc2nn(C(F)F)cc2c1)C(Cc1ccccc1)N1CON(c2cc(Cl)ccc2-n2cnnn2)CO1. The Morgan fingerprint density at radius 3 is 2.61 bits per heavy atom. The van der Waals surface area contributed by atoms with Gasteiger partial charge >= 0.3 is 6.55 Å². The smallest absolute Gasteiger partial charge is 0.325 e. The van der Waals surface area contributed by atoms with E-state index in [1.807, 2.05) is 30.3 Å². The number of carbonyl (C=O) groups is 1. The lowest BCUT2D eigenvalue weighted by molar-refractivity contribution is -0.279. The summed E-state index contributed by atoms with van der Waals surface area (Å²) in [6, 6.07) is 18.6. The lowest BCUT2D eigenvalue weighted by Gasteiger charge is -2.38. The van der Waals surface area contributed by atoms with Gasteiger partial charge in [0.1, 0.15) is 12.4 Å². The normalized spacial score (nSPS) is 15.0. The van der Waals surface area contributed by atoms with Crippen molar-refractivity contribution >= 4 is 39.8 Å². The van der Waals surface area contributed by atoms with E-state index in [1.165, 1.54) is 27.3 Å². The zero-order valence-electron chi connectivity index (χ0n) is 21.2. The van der Waals surface area contributed by atoms with Crippen molar-refractivity contribution in [2.45, 2.75) is 19.0 Å². The quantitative estimate of drug-likeness (QED) is 0.288. The van der Waals surface area contributed by atoms with Crippen molar-refractivity contribution in [1.29, 1.82) is 0 Å².